The molecule has 2 rings (SSSR count). The molecule has 1 fully saturated rings. The lowest BCUT2D eigenvalue weighted by atomic mass is 10.1. The molecule has 0 N–H and O–H groups in total. The maximum atomic E-state index is 12.3. The third-order valence-corrected chi connectivity index (χ3v) is 3.52. The highest BCUT2D eigenvalue weighted by Crippen LogP contribution is 2.23. The predicted octanol–water partition coefficient (Wildman–Crippen LogP) is 2.35. The van der Waals surface area contributed by atoms with Crippen molar-refractivity contribution < 1.29 is 19.0 Å². The van der Waals surface area contributed by atoms with Crippen LogP contribution in [0.2, 0.25) is 0 Å². The van der Waals surface area contributed by atoms with Gasteiger partial charge in [-0.2, -0.15) is 0 Å². The second-order valence-corrected chi connectivity index (χ2v) is 5.48. The van der Waals surface area contributed by atoms with Gasteiger partial charge in [0.15, 0.2) is 0 Å². The summed E-state index contributed by atoms with van der Waals surface area (Å²) in [7, 11) is 3.20. The zero-order chi connectivity index (χ0) is 16.1. The molecule has 22 heavy (non-hydrogen) atoms. The van der Waals surface area contributed by atoms with Gasteiger partial charge < -0.3 is 19.1 Å². The number of hydrogen-bond donors (Lipinski definition) is 0. The quantitative estimate of drug-likeness (QED) is 0.801. The topological polar surface area (TPSA) is 48.0 Å². The molecule has 1 aliphatic rings. The summed E-state index contributed by atoms with van der Waals surface area (Å²) < 4.78 is 16.1. The maximum Gasteiger partial charge on any atom is 0.246 e. The van der Waals surface area contributed by atoms with Crippen LogP contribution in [0.1, 0.15) is 19.4 Å². The minimum atomic E-state index is -0.0104. The van der Waals surface area contributed by atoms with Crippen molar-refractivity contribution in [1.29, 1.82) is 0 Å². The van der Waals surface area contributed by atoms with Gasteiger partial charge in [0.25, 0.3) is 0 Å². The van der Waals surface area contributed by atoms with Gasteiger partial charge in [-0.05, 0) is 37.6 Å². The maximum absolute atomic E-state index is 12.3. The smallest absolute Gasteiger partial charge is 0.246 e. The molecule has 5 heteroatoms. The molecule has 1 amide bonds. The highest BCUT2D eigenvalue weighted by atomic mass is 16.5. The molecule has 0 spiro atoms. The van der Waals surface area contributed by atoms with Gasteiger partial charge in [-0.15, -0.1) is 0 Å². The molecule has 0 saturated carbocycles. The number of morpholine rings is 1. The first kappa shape index (κ1) is 16.4. The fraction of sp³-hybridized carbons (Fsp3) is 0.471. The average Bonchev–Trinajstić information content (AvgIpc) is 2.51. The zero-order valence-electron chi connectivity index (χ0n) is 13.5. The number of carbonyl (C=O) groups is 1. The molecule has 0 aromatic heterocycles. The Labute approximate surface area is 131 Å². The summed E-state index contributed by atoms with van der Waals surface area (Å²) in [6.07, 6.45) is 3.49. The van der Waals surface area contributed by atoms with E-state index in [1.807, 2.05) is 30.9 Å². The molecule has 0 bridgehead atoms. The Hall–Kier alpha value is -2.01. The normalized spacial score (nSPS) is 21.9. The molecular formula is C17H23NO4. The Morgan fingerprint density at radius 1 is 1.14 bits per heavy atom. The summed E-state index contributed by atoms with van der Waals surface area (Å²) >= 11 is 0. The Morgan fingerprint density at radius 3 is 2.18 bits per heavy atom. The van der Waals surface area contributed by atoms with Gasteiger partial charge in [-0.1, -0.05) is 0 Å². The first-order chi connectivity index (χ1) is 10.5. The van der Waals surface area contributed by atoms with Crippen LogP contribution in [-0.2, 0) is 9.53 Å². The van der Waals surface area contributed by atoms with Gasteiger partial charge in [0, 0.05) is 25.2 Å². The van der Waals surface area contributed by atoms with Crippen LogP contribution in [0.3, 0.4) is 0 Å². The number of rotatable bonds is 4. The predicted molar refractivity (Wildman–Crippen MR) is 85.2 cm³/mol. The van der Waals surface area contributed by atoms with E-state index in [1.54, 1.807) is 32.4 Å². The second-order valence-electron chi connectivity index (χ2n) is 5.48. The number of hydrogen-bond acceptors (Lipinski definition) is 4. The van der Waals surface area contributed by atoms with Crippen LogP contribution in [-0.4, -0.2) is 50.3 Å². The van der Waals surface area contributed by atoms with E-state index in [-0.39, 0.29) is 18.1 Å². The molecule has 120 valence electrons. The van der Waals surface area contributed by atoms with Crippen molar-refractivity contribution in [2.24, 2.45) is 0 Å². The monoisotopic (exact) mass is 305 g/mol. The number of carbonyl (C=O) groups excluding carboxylic acids is 1. The molecule has 0 radical (unpaired) electrons. The van der Waals surface area contributed by atoms with E-state index in [2.05, 4.69) is 0 Å². The number of ether oxygens (including phenoxy) is 3. The summed E-state index contributed by atoms with van der Waals surface area (Å²) in [4.78, 5) is 14.1. The highest BCUT2D eigenvalue weighted by molar-refractivity contribution is 5.92. The lowest BCUT2D eigenvalue weighted by Crippen LogP contribution is -2.47. The van der Waals surface area contributed by atoms with Crippen LogP contribution >= 0.6 is 0 Å². The molecule has 1 heterocycles. The van der Waals surface area contributed by atoms with Gasteiger partial charge in [0.2, 0.25) is 5.91 Å². The van der Waals surface area contributed by atoms with E-state index >= 15 is 0 Å². The van der Waals surface area contributed by atoms with E-state index in [1.165, 1.54) is 0 Å². The van der Waals surface area contributed by atoms with Crippen molar-refractivity contribution in [2.75, 3.05) is 27.3 Å². The number of benzene rings is 1. The van der Waals surface area contributed by atoms with Crippen molar-refractivity contribution in [3.8, 4) is 11.5 Å². The van der Waals surface area contributed by atoms with Gasteiger partial charge in [-0.25, -0.2) is 0 Å². The minimum absolute atomic E-state index is 0.0104. The van der Waals surface area contributed by atoms with Gasteiger partial charge in [-0.3, -0.25) is 4.79 Å². The molecule has 1 aromatic carbocycles. The van der Waals surface area contributed by atoms with Crippen LogP contribution in [0.4, 0.5) is 0 Å². The first-order valence-electron chi connectivity index (χ1n) is 7.37. The Morgan fingerprint density at radius 2 is 1.68 bits per heavy atom. The second kappa shape index (κ2) is 7.31. The van der Waals surface area contributed by atoms with Crippen molar-refractivity contribution in [3.05, 3.63) is 29.8 Å². The zero-order valence-corrected chi connectivity index (χ0v) is 13.5. The van der Waals surface area contributed by atoms with Crippen LogP contribution < -0.4 is 9.47 Å². The molecule has 0 aliphatic carbocycles. The van der Waals surface area contributed by atoms with Crippen LogP contribution in [0.25, 0.3) is 6.08 Å². The van der Waals surface area contributed by atoms with Crippen LogP contribution in [0.5, 0.6) is 11.5 Å². The lowest BCUT2D eigenvalue weighted by molar-refractivity contribution is -0.137. The first-order valence-corrected chi connectivity index (χ1v) is 7.37. The van der Waals surface area contributed by atoms with Crippen molar-refractivity contribution in [1.82, 2.24) is 4.90 Å². The fourth-order valence-electron chi connectivity index (χ4n) is 2.56. The molecule has 2 unspecified atom stereocenters. The Balaban J connectivity index is 2.09. The standard InChI is InChI=1S/C17H23NO4/c1-12-10-18(11-13(2)22-12)17(19)6-5-14-7-15(20-3)9-16(8-14)21-4/h5-9,12-13H,10-11H2,1-4H3. The third kappa shape index (κ3) is 4.24. The summed E-state index contributed by atoms with van der Waals surface area (Å²) in [5.74, 6) is 1.38. The largest absolute Gasteiger partial charge is 0.497 e. The Bertz CT molecular complexity index is 523. The van der Waals surface area contributed by atoms with Gasteiger partial charge in [0.1, 0.15) is 11.5 Å². The number of amides is 1. The van der Waals surface area contributed by atoms with E-state index in [0.29, 0.717) is 24.6 Å². The average molecular weight is 305 g/mol. The lowest BCUT2D eigenvalue weighted by Gasteiger charge is -2.34. The number of methoxy groups -OCH3 is 2. The van der Waals surface area contributed by atoms with Crippen molar-refractivity contribution in [2.45, 2.75) is 26.1 Å². The summed E-state index contributed by atoms with van der Waals surface area (Å²) in [6, 6.07) is 5.51. The van der Waals surface area contributed by atoms with Crippen molar-refractivity contribution >= 4 is 12.0 Å². The molecular weight excluding hydrogens is 282 g/mol. The number of nitrogens with zero attached hydrogens (tertiary/aromatic N) is 1. The summed E-state index contributed by atoms with van der Waals surface area (Å²) in [5, 5.41) is 0. The van der Waals surface area contributed by atoms with E-state index < -0.39 is 0 Å². The van der Waals surface area contributed by atoms with Crippen LogP contribution in [0.15, 0.2) is 24.3 Å². The van der Waals surface area contributed by atoms with E-state index in [4.69, 9.17) is 14.2 Å². The minimum Gasteiger partial charge on any atom is -0.497 e. The SMILES string of the molecule is COc1cc(C=CC(=O)N2CC(C)OC(C)C2)cc(OC)c1. The Kier molecular flexibility index (Phi) is 5.44. The fourth-order valence-corrected chi connectivity index (χ4v) is 2.56. The van der Waals surface area contributed by atoms with Gasteiger partial charge in [0.05, 0.1) is 26.4 Å². The summed E-state index contributed by atoms with van der Waals surface area (Å²) in [5.41, 5.74) is 0.860. The van der Waals surface area contributed by atoms with Crippen LogP contribution in [0, 0.1) is 0 Å². The molecule has 5 nitrogen and oxygen atoms in total. The molecule has 1 aliphatic heterocycles. The van der Waals surface area contributed by atoms with Crippen molar-refractivity contribution in [3.63, 3.8) is 0 Å². The van der Waals surface area contributed by atoms with E-state index in [0.717, 1.165) is 5.56 Å². The van der Waals surface area contributed by atoms with Gasteiger partial charge >= 0.3 is 0 Å². The highest BCUT2D eigenvalue weighted by Gasteiger charge is 2.24. The summed E-state index contributed by atoms with van der Waals surface area (Å²) in [6.45, 7) is 5.20. The third-order valence-electron chi connectivity index (χ3n) is 3.52. The molecule has 2 atom stereocenters. The molecule has 1 saturated heterocycles. The van der Waals surface area contributed by atoms with E-state index in [9.17, 15) is 4.79 Å². The molecule has 1 aromatic rings.